The Labute approximate surface area is 440 Å². The molecule has 0 saturated carbocycles. The van der Waals surface area contributed by atoms with Crippen LogP contribution in [0.1, 0.15) is 210 Å². The van der Waals surface area contributed by atoms with Crippen LogP contribution in [0.15, 0.2) is 63.8 Å². The number of phenols is 1. The van der Waals surface area contributed by atoms with E-state index in [-0.39, 0.29) is 70.8 Å². The molecular weight excluding hydrogens is 964 g/mol. The SMILES string of the molecule is CCCCCCCCCCCCCCCC(=O)CC(COP(=O)(O)OCCNC(=S)Nc1ccc(-c2c3ccc(=O)cc-3oc3cc(O)ccc23)c(C(=O)O)c1)C(=O)CCCCCCCCCCCCCCC. The highest BCUT2D eigenvalue weighted by atomic mass is 32.1. The number of ketones is 2. The van der Waals surface area contributed by atoms with Crippen LogP contribution in [0.4, 0.5) is 5.69 Å². The molecule has 1 heterocycles. The number of aromatic hydroxyl groups is 1. The van der Waals surface area contributed by atoms with Gasteiger partial charge in [0, 0.05) is 66.1 Å². The number of carboxylic acid groups (broad SMARTS) is 1. The second-order valence-corrected chi connectivity index (χ2v) is 21.6. The lowest BCUT2D eigenvalue weighted by Crippen LogP contribution is -2.31. The number of nitrogens with one attached hydrogen (secondary N) is 2. The maximum absolute atomic E-state index is 13.5. The summed E-state index contributed by atoms with van der Waals surface area (Å²) < 4.78 is 29.5. The van der Waals surface area contributed by atoms with Crippen molar-refractivity contribution in [1.82, 2.24) is 5.32 Å². The fourth-order valence-electron chi connectivity index (χ4n) is 9.39. The highest BCUT2D eigenvalue weighted by molar-refractivity contribution is 7.80. The van der Waals surface area contributed by atoms with Crippen molar-refractivity contribution in [3.8, 4) is 28.2 Å². The van der Waals surface area contributed by atoms with Crippen LogP contribution in [-0.2, 0) is 23.2 Å². The molecule has 0 bridgehead atoms. The second-order valence-electron chi connectivity index (χ2n) is 19.8. The Morgan fingerprint density at radius 2 is 1.21 bits per heavy atom. The molecule has 2 atom stereocenters. The van der Waals surface area contributed by atoms with E-state index >= 15 is 0 Å². The minimum atomic E-state index is -4.63. The van der Waals surface area contributed by atoms with Gasteiger partial charge in [0.1, 0.15) is 28.7 Å². The molecule has 0 saturated heterocycles. The number of phosphoric acid groups is 1. The standard InChI is InChI=1S/C58H85N2O11PS/c1-3-5-7-9-11-13-15-17-19-21-23-25-27-29-46(61)39-44(53(64)30-28-26-24-22-20-18-16-14-12-10-8-6-4-2)43-70-72(67,68)69-38-37-59-58(73)60-45-31-34-49(52(40-45)57(65)66)56-50-35-32-47(62)41-54(50)71-55-42-48(63)33-36-51(55)56/h31-36,40-42,44,62H,3-30,37-39,43H2,1-2H3,(H,65,66)(H,67,68)(H2,59,60,73). The van der Waals surface area contributed by atoms with Crippen molar-refractivity contribution in [2.75, 3.05) is 25.1 Å². The average molecular weight is 1050 g/mol. The highest BCUT2D eigenvalue weighted by Gasteiger charge is 2.28. The number of benzene rings is 3. The number of carbonyl (C=O) groups excluding carboxylic acids is 2. The van der Waals surface area contributed by atoms with Crippen LogP contribution < -0.4 is 16.1 Å². The predicted molar refractivity (Wildman–Crippen MR) is 298 cm³/mol. The number of phosphoric ester groups is 1. The van der Waals surface area contributed by atoms with Crippen molar-refractivity contribution in [3.63, 3.8) is 0 Å². The van der Waals surface area contributed by atoms with Crippen LogP contribution in [0.5, 0.6) is 5.75 Å². The summed E-state index contributed by atoms with van der Waals surface area (Å²) in [5.41, 5.74) is 1.56. The summed E-state index contributed by atoms with van der Waals surface area (Å²) >= 11 is 5.44. The maximum atomic E-state index is 13.5. The van der Waals surface area contributed by atoms with E-state index in [1.54, 1.807) is 24.3 Å². The molecule has 4 rings (SSSR count). The van der Waals surface area contributed by atoms with Crippen LogP contribution in [-0.4, -0.2) is 57.5 Å². The molecule has 0 fully saturated rings. The normalized spacial score (nSPS) is 12.8. The number of thiocarbonyl (C=S) groups is 1. The fourth-order valence-corrected chi connectivity index (χ4v) is 10.4. The first-order valence-electron chi connectivity index (χ1n) is 27.6. The molecule has 2 aromatic carbocycles. The third-order valence-electron chi connectivity index (χ3n) is 13.6. The lowest BCUT2D eigenvalue weighted by Gasteiger charge is -2.19. The zero-order chi connectivity index (χ0) is 52.7. The molecule has 13 nitrogen and oxygen atoms in total. The fraction of sp³-hybridized carbons (Fsp3) is 0.603. The zero-order valence-corrected chi connectivity index (χ0v) is 45.6. The molecule has 2 aliphatic rings. The lowest BCUT2D eigenvalue weighted by atomic mass is 9.90. The quantitative estimate of drug-likeness (QED) is 0.0122. The van der Waals surface area contributed by atoms with Crippen LogP contribution in [0.3, 0.4) is 0 Å². The number of rotatable bonds is 41. The number of aromatic carboxylic acids is 1. The molecule has 0 amide bonds. The number of unbranched alkanes of at least 4 members (excludes halogenated alkanes) is 24. The van der Waals surface area contributed by atoms with E-state index in [1.165, 1.54) is 146 Å². The molecule has 0 radical (unpaired) electrons. The van der Waals surface area contributed by atoms with E-state index in [0.29, 0.717) is 40.6 Å². The predicted octanol–water partition coefficient (Wildman–Crippen LogP) is 15.5. The van der Waals surface area contributed by atoms with E-state index in [0.717, 1.165) is 44.9 Å². The maximum Gasteiger partial charge on any atom is 0.472 e. The van der Waals surface area contributed by atoms with Gasteiger partial charge in [-0.3, -0.25) is 23.4 Å². The third-order valence-corrected chi connectivity index (χ3v) is 14.8. The number of phenolic OH excluding ortho intramolecular Hbond substituents is 1. The van der Waals surface area contributed by atoms with Gasteiger partial charge in [0.2, 0.25) is 0 Å². The van der Waals surface area contributed by atoms with Crippen LogP contribution >= 0.6 is 20.0 Å². The van der Waals surface area contributed by atoms with Crippen LogP contribution in [0.25, 0.3) is 33.4 Å². The molecule has 2 unspecified atom stereocenters. The average Bonchev–Trinajstić information content (AvgIpc) is 3.36. The summed E-state index contributed by atoms with van der Waals surface area (Å²) in [7, 11) is -4.63. The summed E-state index contributed by atoms with van der Waals surface area (Å²) in [6.07, 6.45) is 31.7. The number of anilines is 1. The summed E-state index contributed by atoms with van der Waals surface area (Å²) in [6.45, 7) is 3.75. The van der Waals surface area contributed by atoms with Crippen molar-refractivity contribution in [2.45, 2.75) is 200 Å². The largest absolute Gasteiger partial charge is 0.508 e. The van der Waals surface area contributed by atoms with Crippen LogP contribution in [0.2, 0.25) is 0 Å². The molecule has 404 valence electrons. The molecule has 1 aliphatic carbocycles. The van der Waals surface area contributed by atoms with E-state index in [9.17, 15) is 38.8 Å². The van der Waals surface area contributed by atoms with Gasteiger partial charge in [0.25, 0.3) is 0 Å². The number of carboxylic acids is 1. The van der Waals surface area contributed by atoms with Gasteiger partial charge in [0.15, 0.2) is 10.5 Å². The Morgan fingerprint density at radius 3 is 1.77 bits per heavy atom. The van der Waals surface area contributed by atoms with Gasteiger partial charge in [0.05, 0.1) is 18.8 Å². The molecule has 0 aromatic heterocycles. The number of fused-ring (bicyclic) bond motifs is 2. The minimum Gasteiger partial charge on any atom is -0.508 e. The minimum absolute atomic E-state index is 0.0251. The van der Waals surface area contributed by atoms with Gasteiger partial charge in [-0.2, -0.15) is 0 Å². The summed E-state index contributed by atoms with van der Waals surface area (Å²) in [5, 5.41) is 26.9. The van der Waals surface area contributed by atoms with Gasteiger partial charge in [-0.05, 0) is 67.0 Å². The van der Waals surface area contributed by atoms with Crippen LogP contribution in [0, 0.1) is 5.92 Å². The first-order valence-corrected chi connectivity index (χ1v) is 29.5. The Morgan fingerprint density at radius 1 is 0.671 bits per heavy atom. The summed E-state index contributed by atoms with van der Waals surface area (Å²) in [4.78, 5) is 62.2. The molecular formula is C58H85N2O11PS. The number of carbonyl (C=O) groups is 3. The monoisotopic (exact) mass is 1050 g/mol. The Kier molecular flexibility index (Phi) is 29.2. The smallest absolute Gasteiger partial charge is 0.472 e. The topological polar surface area (TPSA) is 202 Å². The molecule has 5 N–H and O–H groups in total. The molecule has 15 heteroatoms. The summed E-state index contributed by atoms with van der Waals surface area (Å²) in [6, 6.07) is 13.4. The molecule has 0 spiro atoms. The first-order chi connectivity index (χ1) is 35.3. The van der Waals surface area contributed by atoms with Gasteiger partial charge < -0.3 is 30.2 Å². The van der Waals surface area contributed by atoms with E-state index in [4.69, 9.17) is 25.7 Å². The number of hydrogen-bond donors (Lipinski definition) is 5. The van der Waals surface area contributed by atoms with E-state index in [1.807, 2.05) is 0 Å². The number of Topliss-reactive ketones (excluding diaryl/α,β-unsaturated/α-hetero) is 2. The Balaban J connectivity index is 1.24. The van der Waals surface area contributed by atoms with E-state index in [2.05, 4.69) is 24.5 Å². The van der Waals surface area contributed by atoms with Crippen molar-refractivity contribution in [2.24, 2.45) is 5.92 Å². The lowest BCUT2D eigenvalue weighted by molar-refractivity contribution is -0.129. The number of hydrogen-bond acceptors (Lipinski definition) is 10. The molecule has 1 aliphatic heterocycles. The van der Waals surface area contributed by atoms with Crippen molar-refractivity contribution < 1.29 is 47.5 Å². The molecule has 2 aromatic rings. The first kappa shape index (κ1) is 61.1. The van der Waals surface area contributed by atoms with Crippen molar-refractivity contribution >= 4 is 59.3 Å². The van der Waals surface area contributed by atoms with Crippen molar-refractivity contribution in [3.05, 3.63) is 70.4 Å². The summed E-state index contributed by atoms with van der Waals surface area (Å²) in [5.74, 6) is -2.10. The molecule has 73 heavy (non-hydrogen) atoms. The second kappa shape index (κ2) is 34.9. The zero-order valence-electron chi connectivity index (χ0n) is 43.9. The Hall–Kier alpha value is -4.46. The van der Waals surface area contributed by atoms with Crippen molar-refractivity contribution in [1.29, 1.82) is 0 Å². The van der Waals surface area contributed by atoms with Gasteiger partial charge in [-0.25, -0.2) is 9.36 Å². The van der Waals surface area contributed by atoms with Gasteiger partial charge >= 0.3 is 13.8 Å². The van der Waals surface area contributed by atoms with Gasteiger partial charge in [-0.15, -0.1) is 0 Å². The third kappa shape index (κ3) is 23.7. The van der Waals surface area contributed by atoms with Gasteiger partial charge in [-0.1, -0.05) is 174 Å². The van der Waals surface area contributed by atoms with E-state index < -0.39 is 26.3 Å². The Bertz CT molecular complexity index is 2370. The highest BCUT2D eigenvalue weighted by Crippen LogP contribution is 2.44.